The number of carbonyl (C=O) groups is 2. The number of benzene rings is 1. The number of nitrogens with zero attached hydrogens (tertiary/aromatic N) is 1. The summed E-state index contributed by atoms with van der Waals surface area (Å²) < 4.78 is 0. The van der Waals surface area contributed by atoms with E-state index >= 15 is 0 Å². The highest BCUT2D eigenvalue weighted by Crippen LogP contribution is 2.25. The van der Waals surface area contributed by atoms with Crippen LogP contribution in [0.2, 0.25) is 0 Å². The molecule has 126 valence electrons. The van der Waals surface area contributed by atoms with Gasteiger partial charge in [-0.05, 0) is 12.0 Å². The first-order chi connectivity index (χ1) is 11.4. The van der Waals surface area contributed by atoms with Crippen LogP contribution in [0.25, 0.3) is 11.3 Å². The van der Waals surface area contributed by atoms with Gasteiger partial charge in [-0.1, -0.05) is 24.3 Å². The summed E-state index contributed by atoms with van der Waals surface area (Å²) >= 11 is 1.38. The fourth-order valence-electron chi connectivity index (χ4n) is 2.02. The molecule has 0 bridgehead atoms. The van der Waals surface area contributed by atoms with E-state index in [0.29, 0.717) is 18.0 Å². The lowest BCUT2D eigenvalue weighted by molar-refractivity contribution is -0.118. The van der Waals surface area contributed by atoms with Gasteiger partial charge in [-0.2, -0.15) is 0 Å². The van der Waals surface area contributed by atoms with Crippen molar-refractivity contribution in [2.24, 2.45) is 5.73 Å². The Morgan fingerprint density at radius 2 is 2.00 bits per heavy atom. The zero-order valence-electron chi connectivity index (χ0n) is 13.3. The largest absolute Gasteiger partial charge is 0.370 e. The third kappa shape index (κ3) is 5.47. The number of ketones is 1. The van der Waals surface area contributed by atoms with E-state index in [2.05, 4.69) is 15.6 Å². The van der Waals surface area contributed by atoms with Crippen molar-refractivity contribution in [3.63, 3.8) is 0 Å². The van der Waals surface area contributed by atoms with Crippen molar-refractivity contribution in [2.75, 3.05) is 11.9 Å². The molecular weight excluding hydrogens is 326 g/mol. The maximum atomic E-state index is 11.6. The molecule has 5 N–H and O–H groups in total. The van der Waals surface area contributed by atoms with Gasteiger partial charge in [0.05, 0.1) is 12.2 Å². The Kier molecular flexibility index (Phi) is 6.02. The number of carbonyl (C=O) groups excluding carboxylic acids is 2. The monoisotopic (exact) mass is 345 g/mol. The lowest BCUT2D eigenvalue weighted by Gasteiger charge is -2.04. The number of rotatable bonds is 7. The van der Waals surface area contributed by atoms with Crippen molar-refractivity contribution in [3.05, 3.63) is 35.2 Å². The topological polar surface area (TPSA) is 121 Å². The van der Waals surface area contributed by atoms with Gasteiger partial charge in [-0.15, -0.1) is 11.3 Å². The summed E-state index contributed by atoms with van der Waals surface area (Å²) in [6, 6.07) is 7.80. The summed E-state index contributed by atoms with van der Waals surface area (Å²) in [5.74, 6) is -0.335. The van der Waals surface area contributed by atoms with E-state index in [1.165, 1.54) is 18.3 Å². The number of guanidine groups is 1. The molecule has 1 heterocycles. The van der Waals surface area contributed by atoms with Crippen LogP contribution in [-0.2, 0) is 16.0 Å². The Bertz CT molecular complexity index is 739. The van der Waals surface area contributed by atoms with Crippen LogP contribution >= 0.6 is 11.3 Å². The number of amides is 1. The Labute approximate surface area is 143 Å². The van der Waals surface area contributed by atoms with Crippen LogP contribution < -0.4 is 16.4 Å². The number of aromatic nitrogens is 1. The van der Waals surface area contributed by atoms with Crippen molar-refractivity contribution < 1.29 is 9.59 Å². The van der Waals surface area contributed by atoms with Gasteiger partial charge in [-0.3, -0.25) is 15.0 Å². The number of hydrogen-bond donors (Lipinski definition) is 4. The van der Waals surface area contributed by atoms with E-state index in [1.54, 1.807) is 0 Å². The predicted molar refractivity (Wildman–Crippen MR) is 95.1 cm³/mol. The first-order valence-electron chi connectivity index (χ1n) is 7.36. The van der Waals surface area contributed by atoms with Crippen molar-refractivity contribution in [3.8, 4) is 11.3 Å². The van der Waals surface area contributed by atoms with Crippen molar-refractivity contribution in [1.29, 1.82) is 5.41 Å². The van der Waals surface area contributed by atoms with Gasteiger partial charge in [0, 0.05) is 24.3 Å². The third-order valence-electron chi connectivity index (χ3n) is 3.21. The maximum absolute atomic E-state index is 11.6. The fraction of sp³-hybridized carbons (Fsp3) is 0.250. The van der Waals surface area contributed by atoms with Crippen LogP contribution in [0.1, 0.15) is 18.9 Å². The van der Waals surface area contributed by atoms with E-state index in [4.69, 9.17) is 11.1 Å². The highest BCUT2D eigenvalue weighted by atomic mass is 32.1. The second kappa shape index (κ2) is 8.21. The van der Waals surface area contributed by atoms with E-state index in [-0.39, 0.29) is 24.2 Å². The molecule has 1 aromatic carbocycles. The molecule has 0 spiro atoms. The molecule has 0 saturated heterocycles. The first-order valence-corrected chi connectivity index (χ1v) is 8.24. The molecule has 2 rings (SSSR count). The molecule has 0 saturated carbocycles. The molecule has 1 aromatic heterocycles. The van der Waals surface area contributed by atoms with E-state index in [1.807, 2.05) is 29.6 Å². The molecule has 0 atom stereocenters. The highest BCUT2D eigenvalue weighted by Gasteiger charge is 2.07. The summed E-state index contributed by atoms with van der Waals surface area (Å²) in [4.78, 5) is 27.0. The average Bonchev–Trinajstić information content (AvgIpc) is 2.99. The third-order valence-corrected chi connectivity index (χ3v) is 3.96. The summed E-state index contributed by atoms with van der Waals surface area (Å²) in [6.07, 6.45) is 1.02. The molecule has 1 amide bonds. The van der Waals surface area contributed by atoms with Gasteiger partial charge in [0.15, 0.2) is 16.9 Å². The van der Waals surface area contributed by atoms with Gasteiger partial charge in [-0.25, -0.2) is 4.98 Å². The minimum atomic E-state index is -0.199. The van der Waals surface area contributed by atoms with E-state index < -0.39 is 0 Å². The quantitative estimate of drug-likeness (QED) is 0.450. The molecule has 0 fully saturated rings. The van der Waals surface area contributed by atoms with Crippen LogP contribution in [0.15, 0.2) is 29.6 Å². The number of anilines is 1. The number of thiazole rings is 1. The van der Waals surface area contributed by atoms with Crippen molar-refractivity contribution in [1.82, 2.24) is 10.3 Å². The Balaban J connectivity index is 1.90. The molecule has 0 radical (unpaired) electrons. The average molecular weight is 345 g/mol. The minimum absolute atomic E-state index is 0.00808. The molecule has 0 unspecified atom stereocenters. The van der Waals surface area contributed by atoms with Crippen molar-refractivity contribution in [2.45, 2.75) is 19.8 Å². The zero-order valence-corrected chi connectivity index (χ0v) is 14.1. The molecule has 0 aliphatic carbocycles. The number of nitrogens with two attached hydrogens (primary N) is 1. The molecule has 0 aliphatic heterocycles. The summed E-state index contributed by atoms with van der Waals surface area (Å²) in [7, 11) is 0. The molecule has 0 aliphatic rings. The summed E-state index contributed by atoms with van der Waals surface area (Å²) in [5, 5.41) is 14.6. The molecule has 2 aromatic rings. The molecule has 7 nitrogen and oxygen atoms in total. The smallest absolute Gasteiger partial charge is 0.223 e. The molecule has 8 heteroatoms. The van der Waals surface area contributed by atoms with Crippen molar-refractivity contribution >= 4 is 34.1 Å². The lowest BCUT2D eigenvalue weighted by atomic mass is 10.0. The first kappa shape index (κ1) is 17.6. The van der Waals surface area contributed by atoms with Gasteiger partial charge in [0.1, 0.15) is 0 Å². The SMILES string of the molecule is CC(=O)Nc1nc(-c2ccc(CCC(=O)CNC(=N)N)cc2)cs1. The van der Waals surface area contributed by atoms with Crippen LogP contribution in [-0.4, -0.2) is 29.2 Å². The van der Waals surface area contributed by atoms with Crippen LogP contribution in [0.5, 0.6) is 0 Å². The fourth-order valence-corrected chi connectivity index (χ4v) is 2.79. The number of Topliss-reactive ketones (excluding diaryl/α,β-unsaturated/α-hetero) is 1. The van der Waals surface area contributed by atoms with Gasteiger partial charge in [0.25, 0.3) is 0 Å². The highest BCUT2D eigenvalue weighted by molar-refractivity contribution is 7.14. The van der Waals surface area contributed by atoms with E-state index in [0.717, 1.165) is 16.8 Å². The predicted octanol–water partition coefficient (Wildman–Crippen LogP) is 1.75. The number of nitrogens with one attached hydrogen (secondary N) is 3. The van der Waals surface area contributed by atoms with Crippen LogP contribution in [0, 0.1) is 5.41 Å². The zero-order chi connectivity index (χ0) is 17.5. The second-order valence-corrected chi connectivity index (χ2v) is 6.08. The van der Waals surface area contributed by atoms with Crippen LogP contribution in [0.4, 0.5) is 5.13 Å². The Morgan fingerprint density at radius 3 is 2.62 bits per heavy atom. The Hall–Kier alpha value is -2.74. The number of hydrogen-bond acceptors (Lipinski definition) is 5. The summed E-state index contributed by atoms with van der Waals surface area (Å²) in [6.45, 7) is 1.53. The minimum Gasteiger partial charge on any atom is -0.370 e. The van der Waals surface area contributed by atoms with Gasteiger partial charge >= 0.3 is 0 Å². The molecule has 24 heavy (non-hydrogen) atoms. The Morgan fingerprint density at radius 1 is 1.29 bits per heavy atom. The van der Waals surface area contributed by atoms with Crippen LogP contribution in [0.3, 0.4) is 0 Å². The van der Waals surface area contributed by atoms with E-state index in [9.17, 15) is 9.59 Å². The standard InChI is InChI=1S/C16H19N5O2S/c1-10(22)20-16-21-14(9-24-16)12-5-2-11(3-6-12)4-7-13(23)8-19-15(17)18/h2-3,5-6,9H,4,7-8H2,1H3,(H4,17,18,19)(H,20,21,22). The normalized spacial score (nSPS) is 10.2. The van der Waals surface area contributed by atoms with Gasteiger partial charge in [0.2, 0.25) is 5.91 Å². The second-order valence-electron chi connectivity index (χ2n) is 5.22. The lowest BCUT2D eigenvalue weighted by Crippen LogP contribution is -2.34. The molecular formula is C16H19N5O2S. The maximum Gasteiger partial charge on any atom is 0.223 e. The van der Waals surface area contributed by atoms with Gasteiger partial charge < -0.3 is 16.4 Å². The summed E-state index contributed by atoms with van der Waals surface area (Å²) in [5.41, 5.74) is 7.95. The number of aryl methyl sites for hydroxylation is 1.